The van der Waals surface area contributed by atoms with Gasteiger partial charge in [0.2, 0.25) is 0 Å². The fourth-order valence-corrected chi connectivity index (χ4v) is 1.98. The average molecular weight is 225 g/mol. The first-order valence-corrected chi connectivity index (χ1v) is 6.10. The van der Waals surface area contributed by atoms with Gasteiger partial charge in [0.15, 0.2) is 5.96 Å². The summed E-state index contributed by atoms with van der Waals surface area (Å²) in [6, 6.07) is 1.09. The molecule has 0 bridgehead atoms. The molecule has 1 unspecified atom stereocenters. The molecule has 2 aliphatic rings. The Kier molecular flexibility index (Phi) is 3.66. The number of nitrogens with one attached hydrogen (secondary N) is 1. The summed E-state index contributed by atoms with van der Waals surface area (Å²) in [4.78, 5) is 9.15. The van der Waals surface area contributed by atoms with Crippen molar-refractivity contribution in [1.29, 1.82) is 0 Å². The lowest BCUT2D eigenvalue weighted by Gasteiger charge is -2.36. The normalized spacial score (nSPS) is 29.4. The predicted molar refractivity (Wildman–Crippen MR) is 66.6 cm³/mol. The second kappa shape index (κ2) is 5.01. The molecule has 16 heavy (non-hydrogen) atoms. The van der Waals surface area contributed by atoms with E-state index in [1.54, 1.807) is 0 Å². The molecule has 5 nitrogen and oxygen atoms in total. The molecular formula is C11H23N5. The molecule has 1 saturated heterocycles. The summed E-state index contributed by atoms with van der Waals surface area (Å²) < 4.78 is 0. The minimum absolute atomic E-state index is 0.498. The summed E-state index contributed by atoms with van der Waals surface area (Å²) in [7, 11) is 4.33. The summed E-state index contributed by atoms with van der Waals surface area (Å²) in [6.07, 6.45) is 2.48. The molecule has 0 radical (unpaired) electrons. The van der Waals surface area contributed by atoms with E-state index < -0.39 is 0 Å². The van der Waals surface area contributed by atoms with Crippen molar-refractivity contribution in [3.8, 4) is 0 Å². The molecule has 1 atom stereocenters. The molecule has 2 rings (SSSR count). The fourth-order valence-electron chi connectivity index (χ4n) is 1.98. The van der Waals surface area contributed by atoms with Crippen molar-refractivity contribution in [1.82, 2.24) is 15.1 Å². The minimum atomic E-state index is 0.498. The lowest BCUT2D eigenvalue weighted by Crippen LogP contribution is -2.51. The van der Waals surface area contributed by atoms with Gasteiger partial charge in [-0.1, -0.05) is 0 Å². The van der Waals surface area contributed by atoms with Crippen molar-refractivity contribution >= 4 is 5.96 Å². The third kappa shape index (κ3) is 3.35. The monoisotopic (exact) mass is 225 g/mol. The number of nitrogens with two attached hydrogens (primary N) is 1. The second-order valence-corrected chi connectivity index (χ2v) is 5.04. The first kappa shape index (κ1) is 11.7. The van der Waals surface area contributed by atoms with Crippen molar-refractivity contribution in [2.75, 3.05) is 40.3 Å². The lowest BCUT2D eigenvalue weighted by atomic mass is 10.2. The van der Waals surface area contributed by atoms with Crippen molar-refractivity contribution < 1.29 is 0 Å². The Bertz CT molecular complexity index is 261. The van der Waals surface area contributed by atoms with Crippen LogP contribution in [-0.4, -0.2) is 68.1 Å². The Labute approximate surface area is 97.7 Å². The third-order valence-corrected chi connectivity index (χ3v) is 3.38. The molecule has 0 spiro atoms. The van der Waals surface area contributed by atoms with Gasteiger partial charge in [0, 0.05) is 31.7 Å². The van der Waals surface area contributed by atoms with Crippen LogP contribution < -0.4 is 11.1 Å². The second-order valence-electron chi connectivity index (χ2n) is 5.04. The zero-order valence-electron chi connectivity index (χ0n) is 10.3. The third-order valence-electron chi connectivity index (χ3n) is 3.38. The highest BCUT2D eigenvalue weighted by Gasteiger charge is 2.23. The van der Waals surface area contributed by atoms with Gasteiger partial charge < -0.3 is 16.0 Å². The van der Waals surface area contributed by atoms with Crippen LogP contribution in [0.4, 0.5) is 0 Å². The van der Waals surface area contributed by atoms with Crippen molar-refractivity contribution in [2.45, 2.75) is 24.9 Å². The summed E-state index contributed by atoms with van der Waals surface area (Å²) in [6.45, 7) is 4.14. The molecule has 1 aliphatic carbocycles. The number of rotatable bonds is 3. The topological polar surface area (TPSA) is 56.9 Å². The van der Waals surface area contributed by atoms with Gasteiger partial charge in [0.25, 0.3) is 0 Å². The van der Waals surface area contributed by atoms with E-state index >= 15 is 0 Å². The number of hydrogen-bond acceptors (Lipinski definition) is 3. The first-order chi connectivity index (χ1) is 7.65. The molecule has 3 N–H and O–H groups in total. The first-order valence-electron chi connectivity index (χ1n) is 6.10. The van der Waals surface area contributed by atoms with Crippen LogP contribution in [0.15, 0.2) is 4.99 Å². The van der Waals surface area contributed by atoms with Gasteiger partial charge in [-0.05, 0) is 26.9 Å². The van der Waals surface area contributed by atoms with Gasteiger partial charge in [0.1, 0.15) is 0 Å². The summed E-state index contributed by atoms with van der Waals surface area (Å²) in [5, 5.41) is 3.22. The maximum Gasteiger partial charge on any atom is 0.188 e. The molecule has 0 aromatic carbocycles. The molecular weight excluding hydrogens is 202 g/mol. The molecule has 0 aromatic rings. The number of nitrogens with zero attached hydrogens (tertiary/aromatic N) is 3. The number of piperazine rings is 1. The zero-order chi connectivity index (χ0) is 11.5. The predicted octanol–water partition coefficient (Wildman–Crippen LogP) is -0.701. The smallest absolute Gasteiger partial charge is 0.188 e. The maximum absolute atomic E-state index is 5.82. The molecule has 92 valence electrons. The zero-order valence-corrected chi connectivity index (χ0v) is 10.3. The van der Waals surface area contributed by atoms with Crippen LogP contribution in [0, 0.1) is 0 Å². The van der Waals surface area contributed by atoms with E-state index in [1.807, 2.05) is 0 Å². The molecule has 5 heteroatoms. The van der Waals surface area contributed by atoms with Crippen LogP contribution in [0.5, 0.6) is 0 Å². The Balaban J connectivity index is 1.77. The van der Waals surface area contributed by atoms with Crippen LogP contribution in [-0.2, 0) is 0 Å². The molecule has 1 saturated carbocycles. The Morgan fingerprint density at radius 2 is 2.12 bits per heavy atom. The van der Waals surface area contributed by atoms with E-state index in [9.17, 15) is 0 Å². The minimum Gasteiger partial charge on any atom is -0.370 e. The van der Waals surface area contributed by atoms with Gasteiger partial charge in [-0.25, -0.2) is 0 Å². The van der Waals surface area contributed by atoms with Crippen molar-refractivity contribution in [3.05, 3.63) is 0 Å². The molecule has 2 fully saturated rings. The highest BCUT2D eigenvalue weighted by Crippen LogP contribution is 2.18. The number of likely N-dealkylation sites (N-methyl/N-ethyl adjacent to an activating group) is 2. The number of hydrogen-bond donors (Lipinski definition) is 2. The summed E-state index contributed by atoms with van der Waals surface area (Å²) in [5.41, 5.74) is 5.82. The lowest BCUT2D eigenvalue weighted by molar-refractivity contribution is 0.119. The summed E-state index contributed by atoms with van der Waals surface area (Å²) in [5.74, 6) is 0.615. The van der Waals surface area contributed by atoms with Gasteiger partial charge in [-0.3, -0.25) is 9.89 Å². The molecule has 0 aromatic heterocycles. The maximum atomic E-state index is 5.82. The fraction of sp³-hybridized carbons (Fsp3) is 0.909. The van der Waals surface area contributed by atoms with E-state index in [-0.39, 0.29) is 0 Å². The van der Waals surface area contributed by atoms with Crippen LogP contribution >= 0.6 is 0 Å². The van der Waals surface area contributed by atoms with Gasteiger partial charge in [-0.15, -0.1) is 0 Å². The summed E-state index contributed by atoms with van der Waals surface area (Å²) >= 11 is 0. The van der Waals surface area contributed by atoms with Crippen LogP contribution in [0.3, 0.4) is 0 Å². The van der Waals surface area contributed by atoms with Gasteiger partial charge in [0.05, 0.1) is 6.54 Å². The standard InChI is InChI=1S/C11H23N5/c1-15-5-6-16(2)10(8-15)7-13-11(12)14-9-3-4-9/h9-10H,3-8H2,1-2H3,(H3,12,13,14). The van der Waals surface area contributed by atoms with Crippen LogP contribution in [0.25, 0.3) is 0 Å². The quantitative estimate of drug-likeness (QED) is 0.492. The van der Waals surface area contributed by atoms with E-state index in [0.29, 0.717) is 18.0 Å². The van der Waals surface area contributed by atoms with E-state index in [0.717, 1.165) is 26.2 Å². The largest absolute Gasteiger partial charge is 0.370 e. The van der Waals surface area contributed by atoms with Crippen LogP contribution in [0.2, 0.25) is 0 Å². The SMILES string of the molecule is CN1CCN(C)C(CN=C(N)NC2CC2)C1. The Morgan fingerprint density at radius 1 is 1.38 bits per heavy atom. The highest BCUT2D eigenvalue weighted by molar-refractivity contribution is 5.78. The van der Waals surface area contributed by atoms with E-state index in [1.165, 1.54) is 12.8 Å². The average Bonchev–Trinajstić information content (AvgIpc) is 3.03. The molecule has 1 aliphatic heterocycles. The highest BCUT2D eigenvalue weighted by atomic mass is 15.3. The number of aliphatic imine (C=N–C) groups is 1. The number of guanidine groups is 1. The van der Waals surface area contributed by atoms with E-state index in [2.05, 4.69) is 34.2 Å². The molecule has 0 amide bonds. The van der Waals surface area contributed by atoms with E-state index in [4.69, 9.17) is 5.73 Å². The Morgan fingerprint density at radius 3 is 2.81 bits per heavy atom. The van der Waals surface area contributed by atoms with Crippen molar-refractivity contribution in [2.24, 2.45) is 10.7 Å². The van der Waals surface area contributed by atoms with Gasteiger partial charge in [-0.2, -0.15) is 0 Å². The van der Waals surface area contributed by atoms with Gasteiger partial charge >= 0.3 is 0 Å². The van der Waals surface area contributed by atoms with Crippen molar-refractivity contribution in [3.63, 3.8) is 0 Å². The molecule has 1 heterocycles. The van der Waals surface area contributed by atoms with Crippen LogP contribution in [0.1, 0.15) is 12.8 Å². The Hall–Kier alpha value is -0.810.